The summed E-state index contributed by atoms with van der Waals surface area (Å²) in [5.74, 6) is 3.79. The lowest BCUT2D eigenvalue weighted by molar-refractivity contribution is -0.923. The number of fused-ring (bicyclic) bond motifs is 4. The molecule has 776 valence electrons. The van der Waals surface area contributed by atoms with E-state index in [0.29, 0.717) is 85.4 Å². The van der Waals surface area contributed by atoms with Gasteiger partial charge in [0, 0.05) is 117 Å². The van der Waals surface area contributed by atoms with Crippen LogP contribution in [0.25, 0.3) is 43.7 Å². The zero-order chi connectivity index (χ0) is 106. The number of pyridine rings is 2. The smallest absolute Gasteiger partial charge is 0.336 e. The van der Waals surface area contributed by atoms with Crippen molar-refractivity contribution >= 4 is 81.0 Å². The van der Waals surface area contributed by atoms with Gasteiger partial charge >= 0.3 is 24.8 Å². The number of nitrogens with zero attached hydrogens (tertiary/aromatic N) is 6. The highest BCUT2D eigenvalue weighted by Gasteiger charge is 2.20. The molecule has 0 saturated heterocycles. The van der Waals surface area contributed by atoms with Crippen LogP contribution in [0.15, 0.2) is 248 Å². The van der Waals surface area contributed by atoms with Gasteiger partial charge in [-0.1, -0.05) is 267 Å². The molecule has 25 nitrogen and oxygen atoms in total. The van der Waals surface area contributed by atoms with Crippen LogP contribution >= 0.6 is 7.60 Å². The number of aliphatic imine (C=N–C) groups is 1. The summed E-state index contributed by atoms with van der Waals surface area (Å²) in [6.07, 6.45) is 4.24. The quantitative estimate of drug-likeness (QED) is 0.00382. The van der Waals surface area contributed by atoms with Crippen LogP contribution in [0.2, 0.25) is 0 Å². The average molecular weight is 1960 g/mol. The fraction of sp³-hybridized carbons (Fsp3) is 0.482. The molecule has 0 saturated carbocycles. The number of aromatic nitrogens is 2. The van der Waals surface area contributed by atoms with E-state index in [1.807, 2.05) is 141 Å². The van der Waals surface area contributed by atoms with E-state index in [2.05, 4.69) is 243 Å². The number of nitrogens with one attached hydrogen (secondary N) is 2. The van der Waals surface area contributed by atoms with Gasteiger partial charge in [0.1, 0.15) is 23.5 Å². The van der Waals surface area contributed by atoms with Crippen LogP contribution in [0.1, 0.15) is 276 Å². The lowest BCUT2D eigenvalue weighted by atomic mass is 10.0. The third kappa shape index (κ3) is 65.7. The molecule has 26 heteroatoms. The number of hydrogen-bond acceptors (Lipinski definition) is 17. The van der Waals surface area contributed by atoms with Crippen molar-refractivity contribution < 1.29 is 61.1 Å². The molecule has 4 heterocycles. The van der Waals surface area contributed by atoms with Gasteiger partial charge in [-0.2, -0.15) is 0 Å². The number of hydrogen-bond donors (Lipinski definition) is 7. The number of rotatable bonds is 33. The molecule has 0 radical (unpaired) electrons. The molecule has 4 aromatic heterocycles. The van der Waals surface area contributed by atoms with Crippen molar-refractivity contribution in [2.75, 3.05) is 125 Å². The van der Waals surface area contributed by atoms with Gasteiger partial charge in [0.25, 0.3) is 11.8 Å². The first-order valence-electron chi connectivity index (χ1n) is 49.7. The van der Waals surface area contributed by atoms with Gasteiger partial charge in [-0.05, 0) is 215 Å². The minimum atomic E-state index is -3.77. The molecule has 7 aromatic carbocycles. The molecule has 10 N–H and O–H groups in total. The summed E-state index contributed by atoms with van der Waals surface area (Å²) in [6.45, 7) is 70.2. The maximum Gasteiger partial charge on any atom is 0.336 e. The molecule has 0 spiro atoms. The van der Waals surface area contributed by atoms with Crippen LogP contribution in [0.4, 0.5) is 0 Å². The Balaban J connectivity index is 0. The van der Waals surface area contributed by atoms with Gasteiger partial charge in [-0.15, -0.1) is 0 Å². The lowest BCUT2D eigenvalue weighted by Crippen LogP contribution is -2.48. The standard InChI is InChI=1S/C19H27N3O.C16H26N2O.C12H13N.C10H13NO.C10H24NO.2C9H6O2.C6H15O4P.C6H6.C5H11N3O2.3C4H10/c1-5-22(6-2)12-11-20-19(23)18-10-8-16-13-15(14(3)4)7-9-17(16)21-18;1-5-18(6-2)12-11-17-16(19)15-9-7-14(8-10-15)13(3)4;1-9(2)10-5-6-12-11(8-10)4-3-7-13-12;1-7(2)8-3-5-9(6-4-8)10(11)12;1-5-11(6-2,7-3)9-8-10-12-4;2*10-9-6-5-7-3-1-2-4-8(7)11-9;1-2-10-5-3-4-6-11(7,8)9;1-2-4-6-5-3-1;1-4(9)10-3-2-8-5(6)7;3*1-4(2)3/h7-10,13-14H,5-6,11-12H2,1-4H3,(H,20,23);7-10,13H,5-6,11-12H2,1-4H3,(H,17,19);3-9H,1-2H3;3-7H,1-2H3,(H2,11,12);5-10H2,1-4H3;2*1-6H;2-6H2,1H3,(H2,7,8,9);1-6H;2-3H2,1H3,(H4,6,7,8);3*4H,1-3H3/q;;;;+1;;;;;;;;. The number of esters is 1. The molecule has 11 aromatic rings. The van der Waals surface area contributed by atoms with E-state index >= 15 is 0 Å². The molecule has 0 aliphatic heterocycles. The number of quaternary nitrogens is 1. The van der Waals surface area contributed by atoms with Crippen molar-refractivity contribution in [3.63, 3.8) is 0 Å². The van der Waals surface area contributed by atoms with Crippen molar-refractivity contribution in [1.82, 2.24) is 30.4 Å². The van der Waals surface area contributed by atoms with Crippen LogP contribution < -0.4 is 39.1 Å². The number of primary amides is 1. The predicted octanol–water partition coefficient (Wildman–Crippen LogP) is 23.5. The van der Waals surface area contributed by atoms with Crippen LogP contribution in [0.3, 0.4) is 0 Å². The van der Waals surface area contributed by atoms with Crippen LogP contribution in [-0.2, 0) is 23.6 Å². The van der Waals surface area contributed by atoms with Gasteiger partial charge in [-0.25, -0.2) is 14.6 Å². The van der Waals surface area contributed by atoms with Gasteiger partial charge in [0.05, 0.1) is 50.4 Å². The average Bonchev–Trinajstić information content (AvgIpc) is 0.607. The highest BCUT2D eigenvalue weighted by atomic mass is 31.2. The number of ether oxygens (including phenoxy) is 3. The van der Waals surface area contributed by atoms with Gasteiger partial charge in [-0.3, -0.25) is 33.7 Å². The Bertz CT molecular complexity index is 5120. The molecule has 0 fully saturated rings. The molecule has 140 heavy (non-hydrogen) atoms. The van der Waals surface area contributed by atoms with Gasteiger partial charge in [0.15, 0.2) is 5.96 Å². The summed E-state index contributed by atoms with van der Waals surface area (Å²) in [5.41, 5.74) is 24.6. The number of carbonyl (C=O) groups excluding carboxylic acids is 4. The number of methoxy groups -OCH3 is 1. The second-order valence-corrected chi connectivity index (χ2v) is 37.9. The number of likely N-dealkylation sites (N-methyl/N-ethyl adjacent to an activating group) is 2. The number of amides is 3. The first-order valence-corrected chi connectivity index (χ1v) is 51.5. The second-order valence-electron chi connectivity index (χ2n) is 36.1. The lowest BCUT2D eigenvalue weighted by Gasteiger charge is -2.35. The van der Waals surface area contributed by atoms with E-state index in [4.69, 9.17) is 45.3 Å². The zero-order valence-corrected chi connectivity index (χ0v) is 90.8. The molecule has 0 aliphatic rings. The molecule has 11 rings (SSSR count). The SMILES string of the molecule is CC(=O)OCCN=C(N)N.CC(C)C.CC(C)C.CC(C)C.CC(C)c1ccc(C(N)=O)cc1.CC(C)c1ccc2ncccc2c1.CCN(CC)CCNC(=O)c1ccc(C(C)C)cc1.CCN(CC)CCNC(=O)c1ccc2cc(C(C)C)ccc2n1.CCOCCCCP(=O)(O)O.CC[N+](CC)(CC)CCCOC.O=c1ccc2ccccc2o1.O=c1ccc2ccccc2o1.c1ccccc1. The minimum Gasteiger partial charge on any atom is -0.464 e. The van der Waals surface area contributed by atoms with E-state index in [1.165, 1.54) is 83.8 Å². The summed E-state index contributed by atoms with van der Waals surface area (Å²) < 4.78 is 36.0. The third-order valence-corrected chi connectivity index (χ3v) is 21.3. The number of carbonyl (C=O) groups is 4. The predicted molar refractivity (Wildman–Crippen MR) is 588 cm³/mol. The van der Waals surface area contributed by atoms with E-state index in [1.54, 1.807) is 49.6 Å². The number of para-hydroxylation sites is 2. The summed E-state index contributed by atoms with van der Waals surface area (Å²) in [6, 6.07) is 69.0. The summed E-state index contributed by atoms with van der Waals surface area (Å²) in [5, 5.41) is 10.1. The topological polar surface area (TPSA) is 361 Å². The summed E-state index contributed by atoms with van der Waals surface area (Å²) in [4.78, 5) is 100. The highest BCUT2D eigenvalue weighted by Crippen LogP contribution is 2.35. The van der Waals surface area contributed by atoms with E-state index < -0.39 is 7.60 Å². The highest BCUT2D eigenvalue weighted by molar-refractivity contribution is 7.51. The Morgan fingerprint density at radius 3 is 1.24 bits per heavy atom. The summed E-state index contributed by atoms with van der Waals surface area (Å²) in [7, 11) is -1.99. The first-order chi connectivity index (χ1) is 66.3. The fourth-order valence-corrected chi connectivity index (χ4v) is 12.8. The van der Waals surface area contributed by atoms with E-state index in [-0.39, 0.29) is 53.7 Å². The summed E-state index contributed by atoms with van der Waals surface area (Å²) >= 11 is 0. The van der Waals surface area contributed by atoms with Crippen molar-refractivity contribution in [3.05, 3.63) is 285 Å². The Kier molecular flexibility index (Phi) is 73.5. The largest absolute Gasteiger partial charge is 0.464 e. The Labute approximate surface area is 839 Å². The van der Waals surface area contributed by atoms with Gasteiger partial charge in [0.2, 0.25) is 5.91 Å². The Morgan fingerprint density at radius 2 is 0.850 bits per heavy atom. The van der Waals surface area contributed by atoms with E-state index in [9.17, 15) is 33.3 Å². The van der Waals surface area contributed by atoms with Crippen LogP contribution in [0, 0.1) is 17.8 Å². The maximum absolute atomic E-state index is 12.2. The zero-order valence-electron chi connectivity index (χ0n) is 89.9. The molecule has 0 bridgehead atoms. The molecular weight excluding hydrogens is 1780 g/mol. The fourth-order valence-electron chi connectivity index (χ4n) is 12.2. The number of nitrogens with two attached hydrogens (primary N) is 3. The van der Waals surface area contributed by atoms with Crippen molar-refractivity contribution in [2.24, 2.45) is 39.9 Å². The van der Waals surface area contributed by atoms with Crippen LogP contribution in [-0.4, -0.2) is 188 Å². The van der Waals surface area contributed by atoms with Crippen molar-refractivity contribution in [2.45, 2.75) is 223 Å². The Hall–Kier alpha value is -11.1. The molecule has 0 atom stereocenters. The Morgan fingerprint density at radius 1 is 0.457 bits per heavy atom. The number of guanidine groups is 1. The minimum absolute atomic E-state index is 0.00662. The van der Waals surface area contributed by atoms with E-state index in [0.717, 1.165) is 103 Å². The normalized spacial score (nSPS) is 10.6. The monoisotopic (exact) mass is 1960 g/mol. The number of unbranched alkanes of at least 4 members (excludes halogenated alkanes) is 1. The third-order valence-electron chi connectivity index (χ3n) is 20.4. The van der Waals surface area contributed by atoms with Crippen molar-refractivity contribution in [1.29, 1.82) is 0 Å². The molecule has 0 unspecified atom stereocenters. The van der Waals surface area contributed by atoms with Gasteiger partial charge < -0.3 is 74.9 Å². The molecule has 0 aliphatic carbocycles. The molecule has 3 amide bonds. The molecular formula is C114H177N11O14P+. The second kappa shape index (κ2) is 78.6. The van der Waals surface area contributed by atoms with Crippen LogP contribution in [0.5, 0.6) is 0 Å². The maximum atomic E-state index is 12.2. The first kappa shape index (κ1) is 131. The van der Waals surface area contributed by atoms with Crippen molar-refractivity contribution in [3.8, 4) is 0 Å². The number of benzene rings is 7.